The molecule has 1 aromatic rings. The molecule has 0 spiro atoms. The van der Waals surface area contributed by atoms with Crippen molar-refractivity contribution in [3.8, 4) is 0 Å². The average molecular weight is 382 g/mol. The second kappa shape index (κ2) is 8.30. The van der Waals surface area contributed by atoms with Crippen LogP contribution in [0.15, 0.2) is 29.2 Å². The third-order valence-corrected chi connectivity index (χ3v) is 5.43. The lowest BCUT2D eigenvalue weighted by atomic mass is 10.2. The summed E-state index contributed by atoms with van der Waals surface area (Å²) in [5.74, 6) is 0.0360. The van der Waals surface area contributed by atoms with Gasteiger partial charge in [-0.25, -0.2) is 8.42 Å². The van der Waals surface area contributed by atoms with E-state index >= 15 is 0 Å². The number of carbonyl (C=O) groups is 1. The highest BCUT2D eigenvalue weighted by Crippen LogP contribution is 2.32. The van der Waals surface area contributed by atoms with Crippen molar-refractivity contribution in [3.05, 3.63) is 29.3 Å². The third-order valence-electron chi connectivity index (χ3n) is 3.62. The molecule has 9 heteroatoms. The highest BCUT2D eigenvalue weighted by Gasteiger charge is 2.32. The number of halogens is 2. The molecule has 1 aliphatic carbocycles. The number of rotatable bonds is 7. The van der Waals surface area contributed by atoms with Gasteiger partial charge in [-0.2, -0.15) is 4.72 Å². The highest BCUT2D eigenvalue weighted by molar-refractivity contribution is 7.89. The van der Waals surface area contributed by atoms with Crippen LogP contribution in [0.25, 0.3) is 0 Å². The molecule has 2 atom stereocenters. The highest BCUT2D eigenvalue weighted by atomic mass is 35.5. The zero-order chi connectivity index (χ0) is 16.3. The predicted octanol–water partition coefficient (Wildman–Crippen LogP) is 1.28. The van der Waals surface area contributed by atoms with E-state index in [-0.39, 0.29) is 29.3 Å². The molecule has 0 bridgehead atoms. The fourth-order valence-corrected chi connectivity index (χ4v) is 3.47. The monoisotopic (exact) mass is 381 g/mol. The molecular weight excluding hydrogens is 361 g/mol. The second-order valence-corrected chi connectivity index (χ2v) is 7.64. The van der Waals surface area contributed by atoms with E-state index < -0.39 is 16.1 Å². The Hall–Kier alpha value is -0.860. The maximum Gasteiger partial charge on any atom is 0.241 e. The quantitative estimate of drug-likeness (QED) is 0.661. The number of sulfonamides is 1. The summed E-state index contributed by atoms with van der Waals surface area (Å²) in [5, 5.41) is 3.24. The maximum atomic E-state index is 12.2. The third kappa shape index (κ3) is 5.61. The van der Waals surface area contributed by atoms with Crippen molar-refractivity contribution in [2.75, 3.05) is 6.54 Å². The van der Waals surface area contributed by atoms with Gasteiger partial charge >= 0.3 is 0 Å². The normalized spacial score (nSPS) is 17.0. The van der Waals surface area contributed by atoms with E-state index in [1.165, 1.54) is 31.2 Å². The summed E-state index contributed by atoms with van der Waals surface area (Å²) in [6.45, 7) is 1.86. The van der Waals surface area contributed by atoms with Crippen molar-refractivity contribution in [3.63, 3.8) is 0 Å². The SMILES string of the molecule is CC(NS(=O)(=O)c1ccc(Cl)cc1)C(=O)NC(CN)C1CC1.Cl. The summed E-state index contributed by atoms with van der Waals surface area (Å²) in [7, 11) is -3.77. The Morgan fingerprint density at radius 3 is 2.39 bits per heavy atom. The molecule has 1 amide bonds. The van der Waals surface area contributed by atoms with Gasteiger partial charge in [0.1, 0.15) is 0 Å². The lowest BCUT2D eigenvalue weighted by molar-refractivity contribution is -0.123. The minimum absolute atomic E-state index is 0. The van der Waals surface area contributed by atoms with E-state index in [2.05, 4.69) is 10.0 Å². The van der Waals surface area contributed by atoms with Crippen LogP contribution in [0.3, 0.4) is 0 Å². The Labute approximate surface area is 147 Å². The Bertz CT molecular complexity index is 633. The fourth-order valence-electron chi connectivity index (χ4n) is 2.14. The van der Waals surface area contributed by atoms with Crippen molar-refractivity contribution >= 4 is 39.9 Å². The summed E-state index contributed by atoms with van der Waals surface area (Å²) in [6.07, 6.45) is 2.10. The number of carbonyl (C=O) groups excluding carboxylic acids is 1. The van der Waals surface area contributed by atoms with Crippen molar-refractivity contribution in [2.45, 2.75) is 36.7 Å². The Balaban J connectivity index is 0.00000264. The molecule has 1 aliphatic rings. The number of hydrogen-bond donors (Lipinski definition) is 3. The van der Waals surface area contributed by atoms with E-state index in [0.717, 1.165) is 12.8 Å². The van der Waals surface area contributed by atoms with Crippen LogP contribution in [-0.2, 0) is 14.8 Å². The van der Waals surface area contributed by atoms with Crippen molar-refractivity contribution in [2.24, 2.45) is 11.7 Å². The Morgan fingerprint density at radius 1 is 1.35 bits per heavy atom. The molecule has 0 saturated heterocycles. The predicted molar refractivity (Wildman–Crippen MR) is 92.2 cm³/mol. The fraction of sp³-hybridized carbons (Fsp3) is 0.500. The van der Waals surface area contributed by atoms with Crippen molar-refractivity contribution in [1.82, 2.24) is 10.0 Å². The summed E-state index contributed by atoms with van der Waals surface area (Å²) in [4.78, 5) is 12.2. The van der Waals surface area contributed by atoms with Gasteiger partial charge in [-0.15, -0.1) is 12.4 Å². The van der Waals surface area contributed by atoms with Gasteiger partial charge in [0.25, 0.3) is 0 Å². The molecule has 0 heterocycles. The van der Waals surface area contributed by atoms with Gasteiger partial charge < -0.3 is 11.1 Å². The Kier molecular flexibility index (Phi) is 7.29. The van der Waals surface area contributed by atoms with Crippen LogP contribution in [0.2, 0.25) is 5.02 Å². The topological polar surface area (TPSA) is 101 Å². The van der Waals surface area contributed by atoms with Gasteiger partial charge in [0, 0.05) is 17.6 Å². The zero-order valence-corrected chi connectivity index (χ0v) is 15.0. The van der Waals surface area contributed by atoms with Crippen LogP contribution in [0.1, 0.15) is 19.8 Å². The first-order valence-corrected chi connectivity index (χ1v) is 8.98. The lowest BCUT2D eigenvalue weighted by Gasteiger charge is -2.20. The van der Waals surface area contributed by atoms with Gasteiger partial charge in [-0.1, -0.05) is 11.6 Å². The smallest absolute Gasteiger partial charge is 0.241 e. The number of nitrogens with one attached hydrogen (secondary N) is 2. The van der Waals surface area contributed by atoms with Crippen LogP contribution in [0, 0.1) is 5.92 Å². The molecule has 130 valence electrons. The molecule has 0 aromatic heterocycles. The maximum absolute atomic E-state index is 12.2. The van der Waals surface area contributed by atoms with Gasteiger partial charge in [0.2, 0.25) is 15.9 Å². The second-order valence-electron chi connectivity index (χ2n) is 5.49. The molecule has 4 N–H and O–H groups in total. The van der Waals surface area contributed by atoms with Crippen LogP contribution in [0.4, 0.5) is 0 Å². The van der Waals surface area contributed by atoms with Crippen molar-refractivity contribution in [1.29, 1.82) is 0 Å². The number of benzene rings is 1. The van der Waals surface area contributed by atoms with E-state index in [4.69, 9.17) is 17.3 Å². The van der Waals surface area contributed by atoms with Crippen LogP contribution in [-0.4, -0.2) is 33.0 Å². The molecule has 0 aliphatic heterocycles. The number of amides is 1. The van der Waals surface area contributed by atoms with Crippen molar-refractivity contribution < 1.29 is 13.2 Å². The van der Waals surface area contributed by atoms with Gasteiger partial charge in [0.05, 0.1) is 10.9 Å². The van der Waals surface area contributed by atoms with Crippen LogP contribution < -0.4 is 15.8 Å². The van der Waals surface area contributed by atoms with E-state index in [9.17, 15) is 13.2 Å². The van der Waals surface area contributed by atoms with E-state index in [1.807, 2.05) is 0 Å². The molecule has 2 unspecified atom stereocenters. The molecule has 2 rings (SSSR count). The Morgan fingerprint density at radius 2 is 1.91 bits per heavy atom. The zero-order valence-electron chi connectivity index (χ0n) is 12.7. The molecule has 1 fully saturated rings. The first kappa shape index (κ1) is 20.2. The largest absolute Gasteiger partial charge is 0.350 e. The average Bonchev–Trinajstić information content (AvgIpc) is 3.29. The van der Waals surface area contributed by atoms with Crippen LogP contribution >= 0.6 is 24.0 Å². The lowest BCUT2D eigenvalue weighted by Crippen LogP contribution is -2.50. The minimum atomic E-state index is -3.77. The molecule has 1 aromatic carbocycles. The summed E-state index contributed by atoms with van der Waals surface area (Å²) >= 11 is 5.74. The molecule has 6 nitrogen and oxygen atoms in total. The molecule has 0 radical (unpaired) electrons. The standard InChI is InChI=1S/C14H20ClN3O3S.ClH/c1-9(14(19)17-13(8-16)10-2-3-10)18-22(20,21)12-6-4-11(15)5-7-12;/h4-7,9-10,13,18H,2-3,8,16H2,1H3,(H,17,19);1H. The van der Waals surface area contributed by atoms with Gasteiger partial charge in [0.15, 0.2) is 0 Å². The number of hydrogen-bond acceptors (Lipinski definition) is 4. The minimum Gasteiger partial charge on any atom is -0.350 e. The molecular formula is C14H21Cl2N3O3S. The van der Waals surface area contributed by atoms with Gasteiger partial charge in [-0.05, 0) is 49.9 Å². The summed E-state index contributed by atoms with van der Waals surface area (Å²) < 4.78 is 26.8. The molecule has 1 saturated carbocycles. The van der Waals surface area contributed by atoms with E-state index in [0.29, 0.717) is 17.5 Å². The van der Waals surface area contributed by atoms with E-state index in [1.54, 1.807) is 0 Å². The summed E-state index contributed by atoms with van der Waals surface area (Å²) in [5.41, 5.74) is 5.63. The first-order valence-electron chi connectivity index (χ1n) is 7.12. The van der Waals surface area contributed by atoms with Crippen LogP contribution in [0.5, 0.6) is 0 Å². The first-order chi connectivity index (χ1) is 10.3. The summed E-state index contributed by atoms with van der Waals surface area (Å²) in [6, 6.07) is 4.78. The van der Waals surface area contributed by atoms with Gasteiger partial charge in [-0.3, -0.25) is 4.79 Å². The number of nitrogens with two attached hydrogens (primary N) is 1. The molecule has 23 heavy (non-hydrogen) atoms.